The molecule has 8 atom stereocenters. The van der Waals surface area contributed by atoms with Gasteiger partial charge in [0.25, 0.3) is 0 Å². The van der Waals surface area contributed by atoms with Gasteiger partial charge in [-0.15, -0.1) is 0 Å². The fraction of sp³-hybridized carbons (Fsp3) is 0.739. The Balaban J connectivity index is 1.41. The number of carbonyl (C=O) groups is 12. The molecule has 97 heavy (non-hydrogen) atoms. The third-order valence-corrected chi connectivity index (χ3v) is 20.9. The number of benzene rings is 1. The molecule has 542 valence electrons. The van der Waals surface area contributed by atoms with Crippen molar-refractivity contribution in [1.29, 1.82) is 0 Å². The molecule has 1 spiro atoms. The van der Waals surface area contributed by atoms with Gasteiger partial charge in [0.15, 0.2) is 0 Å². The van der Waals surface area contributed by atoms with Gasteiger partial charge in [-0.25, -0.2) is 0 Å². The molecule has 0 aromatic heterocycles. The Kier molecular flexibility index (Phi) is 28.2. The van der Waals surface area contributed by atoms with Crippen LogP contribution in [-0.2, 0) is 70.1 Å². The van der Waals surface area contributed by atoms with Gasteiger partial charge in [-0.1, -0.05) is 111 Å². The second kappa shape index (κ2) is 34.6. The molecule has 3 N–H and O–H groups in total. The highest BCUT2D eigenvalue weighted by Crippen LogP contribution is 2.37. The maximum absolute atomic E-state index is 15.4. The van der Waals surface area contributed by atoms with Crippen molar-refractivity contribution < 1.29 is 70.7 Å². The Hall–Kier alpha value is -7.06. The van der Waals surface area contributed by atoms with Crippen LogP contribution in [0.5, 0.6) is 0 Å². The zero-order valence-corrected chi connectivity index (χ0v) is 60.0. The first kappa shape index (κ1) is 78.9. The molecule has 3 aliphatic heterocycles. The summed E-state index contributed by atoms with van der Waals surface area (Å²) in [5.41, 5.74) is -2.36. The second-order valence-electron chi connectivity index (χ2n) is 28.7. The summed E-state index contributed by atoms with van der Waals surface area (Å²) in [4.78, 5) is 188. The number of amides is 12. The average Bonchev–Trinajstić information content (AvgIpc) is 1.75. The number of hydrogen-bond acceptors (Lipinski definition) is 12. The van der Waals surface area contributed by atoms with Crippen LogP contribution in [0.2, 0.25) is 5.02 Å². The summed E-state index contributed by atoms with van der Waals surface area (Å²) in [6.45, 7) is 9.82. The number of alkyl halides is 3. The third kappa shape index (κ3) is 19.9. The van der Waals surface area contributed by atoms with Gasteiger partial charge in [0, 0.05) is 69.0 Å². The SMILES string of the molecule is CC[C@H](C)[C@@H]1NC(=O)[C@H](CC(C)C)N(C)C(=O)C[C@@H](C(=O)N2CCCC2)N(C)C(=O)[C@H](C(C)C)N(C)C(=O)C2(CCCC2)NC(=O)[C@@H]2CCCN2C(=O)[C@H](CCc2ccc(C(F)(F)F)c(Cl)c2)NC(=O)CN(C)C(=O)[C@H](CC2CCCCC2)N(C)C(=O)CN(C)C(=O)CN(C)C1=O. The number of carbonyl (C=O) groups excluding carboxylic acids is 12. The van der Waals surface area contributed by atoms with Crippen molar-refractivity contribution in [3.63, 3.8) is 0 Å². The number of nitrogens with one attached hydrogen (secondary N) is 3. The fourth-order valence-corrected chi connectivity index (χ4v) is 14.7. The maximum atomic E-state index is 15.4. The Morgan fingerprint density at radius 2 is 1.25 bits per heavy atom. The molecule has 6 rings (SSSR count). The summed E-state index contributed by atoms with van der Waals surface area (Å²) in [5.74, 6) is -9.16. The summed E-state index contributed by atoms with van der Waals surface area (Å²) in [6, 6.07) is -5.66. The molecule has 5 aliphatic rings. The van der Waals surface area contributed by atoms with Crippen LogP contribution < -0.4 is 16.0 Å². The summed E-state index contributed by atoms with van der Waals surface area (Å²) >= 11 is 6.14. The summed E-state index contributed by atoms with van der Waals surface area (Å²) in [7, 11) is 9.83. The van der Waals surface area contributed by atoms with Crippen LogP contribution in [0, 0.1) is 23.7 Å². The third-order valence-electron chi connectivity index (χ3n) is 20.6. The van der Waals surface area contributed by atoms with E-state index in [1.165, 1.54) is 79.9 Å². The summed E-state index contributed by atoms with van der Waals surface area (Å²) in [5, 5.41) is 8.07. The van der Waals surface area contributed by atoms with E-state index in [9.17, 15) is 56.3 Å². The van der Waals surface area contributed by atoms with Crippen molar-refractivity contribution in [2.45, 2.75) is 218 Å². The molecule has 28 heteroatoms. The van der Waals surface area contributed by atoms with Crippen LogP contribution >= 0.6 is 11.6 Å². The number of rotatable bonds is 11. The molecule has 2 aliphatic carbocycles. The first-order valence-electron chi connectivity index (χ1n) is 34.7. The van der Waals surface area contributed by atoms with E-state index in [0.29, 0.717) is 57.2 Å². The average molecular weight is 1390 g/mol. The van der Waals surface area contributed by atoms with Crippen molar-refractivity contribution in [3.05, 3.63) is 34.3 Å². The van der Waals surface area contributed by atoms with E-state index >= 15 is 14.4 Å². The number of likely N-dealkylation sites (N-methyl/N-ethyl adjacent to an activating group) is 7. The highest BCUT2D eigenvalue weighted by atomic mass is 35.5. The normalized spacial score (nSPS) is 26.2. The summed E-state index contributed by atoms with van der Waals surface area (Å²) in [6.07, 6.45) is 2.61. The van der Waals surface area contributed by atoms with E-state index in [-0.39, 0.29) is 63.3 Å². The van der Waals surface area contributed by atoms with E-state index in [0.717, 1.165) is 58.9 Å². The molecular weight excluding hydrogens is 1280 g/mol. The maximum Gasteiger partial charge on any atom is 0.417 e. The topological polar surface area (TPSA) is 270 Å². The van der Waals surface area contributed by atoms with Crippen LogP contribution in [0.15, 0.2) is 18.2 Å². The van der Waals surface area contributed by atoms with E-state index in [1.807, 2.05) is 20.8 Å². The number of fused-ring (bicyclic) bond motifs is 1. The van der Waals surface area contributed by atoms with Crippen molar-refractivity contribution in [2.75, 3.05) is 88.6 Å². The molecule has 0 unspecified atom stereocenters. The van der Waals surface area contributed by atoms with E-state index in [1.54, 1.807) is 25.7 Å². The van der Waals surface area contributed by atoms with Crippen molar-refractivity contribution in [2.24, 2.45) is 23.7 Å². The van der Waals surface area contributed by atoms with Gasteiger partial charge in [-0.05, 0) is 106 Å². The minimum absolute atomic E-state index is 0.0187. The molecule has 5 fully saturated rings. The molecule has 0 bridgehead atoms. The molecule has 2 saturated carbocycles. The Morgan fingerprint density at radius 3 is 1.84 bits per heavy atom. The van der Waals surface area contributed by atoms with Crippen LogP contribution in [0.25, 0.3) is 0 Å². The van der Waals surface area contributed by atoms with E-state index in [2.05, 4.69) is 16.0 Å². The molecule has 1 aromatic rings. The molecule has 0 radical (unpaired) electrons. The standard InChI is InChI=1S/C69H106ClF3N12O12/c1-14-44(6)58-65(95)79(9)40-56(88)77(7)41-57(89)81(11)52(37-45-23-16-15-17-24-45)63(93)78(8)39-54(86)74-49(29-27-46-26-28-47(48(70)36-46)69(71,72)73)62(92)85-34-22-25-50(85)61(91)76-68(30-18-19-31-68)67(97)83(13)59(43(4)5)66(96)82(12)53(64(94)84-32-20-21-33-84)38-55(87)80(10)51(35-42(2)3)60(90)75-58/h26,28,36,42-45,49-53,58-59H,14-25,27,29-35,37-41H2,1-13H3,(H,74,86)(H,75,90)(H,76,91)/t44-,49-,50-,51-,52-,53-,58-,59-/m0/s1. The predicted octanol–water partition coefficient (Wildman–Crippen LogP) is 5.11. The molecular formula is C69H106ClF3N12O12. The van der Waals surface area contributed by atoms with Gasteiger partial charge in [0.2, 0.25) is 70.9 Å². The van der Waals surface area contributed by atoms with Crippen LogP contribution in [0.3, 0.4) is 0 Å². The largest absolute Gasteiger partial charge is 0.417 e. The molecule has 3 heterocycles. The van der Waals surface area contributed by atoms with Crippen LogP contribution in [-0.4, -0.2) is 251 Å². The molecule has 24 nitrogen and oxygen atoms in total. The highest BCUT2D eigenvalue weighted by molar-refractivity contribution is 6.31. The van der Waals surface area contributed by atoms with Gasteiger partial charge < -0.3 is 60.0 Å². The van der Waals surface area contributed by atoms with Gasteiger partial charge in [-0.2, -0.15) is 13.2 Å². The van der Waals surface area contributed by atoms with Gasteiger partial charge in [0.1, 0.15) is 47.8 Å². The molecule has 3 saturated heterocycles. The zero-order valence-electron chi connectivity index (χ0n) is 59.2. The second-order valence-corrected chi connectivity index (χ2v) is 29.1. The lowest BCUT2D eigenvalue weighted by Crippen LogP contribution is -2.65. The number of hydrogen-bond donors (Lipinski definition) is 3. The number of likely N-dealkylation sites (tertiary alicyclic amines) is 1. The Bertz CT molecular complexity index is 3030. The minimum Gasteiger partial charge on any atom is -0.343 e. The quantitative estimate of drug-likeness (QED) is 0.261. The molecule has 12 amide bonds. The fourth-order valence-electron chi connectivity index (χ4n) is 14.4. The van der Waals surface area contributed by atoms with Gasteiger partial charge >= 0.3 is 6.18 Å². The van der Waals surface area contributed by atoms with Crippen LogP contribution in [0.4, 0.5) is 13.2 Å². The summed E-state index contributed by atoms with van der Waals surface area (Å²) < 4.78 is 41.5. The number of aryl methyl sites for hydroxylation is 1. The van der Waals surface area contributed by atoms with Crippen molar-refractivity contribution >= 4 is 82.5 Å². The molecule has 1 aromatic carbocycles. The smallest absolute Gasteiger partial charge is 0.343 e. The number of nitrogens with zero attached hydrogens (tertiary/aromatic N) is 9. The van der Waals surface area contributed by atoms with E-state index in [4.69, 9.17) is 11.6 Å². The lowest BCUT2D eigenvalue weighted by Gasteiger charge is -2.41. The first-order chi connectivity index (χ1) is 45.5. The Morgan fingerprint density at radius 1 is 0.639 bits per heavy atom. The van der Waals surface area contributed by atoms with Crippen LogP contribution in [0.1, 0.15) is 168 Å². The monoisotopic (exact) mass is 1390 g/mol. The van der Waals surface area contributed by atoms with E-state index < -0.39 is 173 Å². The lowest BCUT2D eigenvalue weighted by molar-refractivity contribution is -0.156. The Labute approximate surface area is 575 Å². The zero-order chi connectivity index (χ0) is 72.1. The number of halogens is 4. The highest BCUT2D eigenvalue weighted by Gasteiger charge is 2.51. The van der Waals surface area contributed by atoms with Crippen molar-refractivity contribution in [3.8, 4) is 0 Å². The minimum atomic E-state index is -4.76. The first-order valence-corrected chi connectivity index (χ1v) is 35.1. The lowest BCUT2D eigenvalue weighted by atomic mass is 9.84. The van der Waals surface area contributed by atoms with Crippen molar-refractivity contribution in [1.82, 2.24) is 60.0 Å². The predicted molar refractivity (Wildman–Crippen MR) is 357 cm³/mol. The van der Waals surface area contributed by atoms with Gasteiger partial charge in [0.05, 0.1) is 36.6 Å². The van der Waals surface area contributed by atoms with Gasteiger partial charge in [-0.3, -0.25) is 57.5 Å².